The van der Waals surface area contributed by atoms with Crippen LogP contribution >= 0.6 is 11.3 Å². The summed E-state index contributed by atoms with van der Waals surface area (Å²) in [5.41, 5.74) is 2.61. The van der Waals surface area contributed by atoms with Crippen molar-refractivity contribution in [3.8, 4) is 11.3 Å². The van der Waals surface area contributed by atoms with E-state index in [1.165, 1.54) is 0 Å². The van der Waals surface area contributed by atoms with E-state index >= 15 is 0 Å². The fourth-order valence-electron chi connectivity index (χ4n) is 2.55. The number of hydrogen-bond acceptors (Lipinski definition) is 5. The van der Waals surface area contributed by atoms with Crippen molar-refractivity contribution in [2.75, 3.05) is 6.54 Å². The molecule has 2 N–H and O–H groups in total. The van der Waals surface area contributed by atoms with Crippen molar-refractivity contribution in [2.45, 2.75) is 17.9 Å². The Hall–Kier alpha value is -2.69. The molecule has 3 rings (SSSR count). The number of hydrogen-bond donors (Lipinski definition) is 2. The number of aromatic nitrogens is 1. The fourth-order valence-corrected chi connectivity index (χ4v) is 4.37. The Labute approximate surface area is 170 Å². The highest BCUT2D eigenvalue weighted by atomic mass is 32.2. The topological polar surface area (TPSA) is 88.2 Å². The molecule has 2 aromatic heterocycles. The number of amides is 1. The van der Waals surface area contributed by atoms with Gasteiger partial charge in [-0.05, 0) is 41.3 Å². The summed E-state index contributed by atoms with van der Waals surface area (Å²) >= 11 is 1.56. The minimum atomic E-state index is -4.40. The predicted octanol–water partition coefficient (Wildman–Crippen LogP) is 3.07. The molecule has 6 nitrogen and oxygen atoms in total. The second kappa shape index (κ2) is 9.21. The molecule has 10 heteroatoms. The number of nitrogens with zero attached hydrogens (tertiary/aromatic N) is 1. The monoisotopic (exact) mass is 437 g/mol. The summed E-state index contributed by atoms with van der Waals surface area (Å²) in [5.74, 6) is -2.79. The molecule has 1 amide bonds. The number of pyridine rings is 1. The van der Waals surface area contributed by atoms with Crippen molar-refractivity contribution < 1.29 is 22.0 Å². The molecular formula is C19H17F2N3O3S2. The molecule has 0 aliphatic rings. The maximum atomic E-state index is 13.6. The fraction of sp³-hybridized carbons (Fsp3) is 0.158. The summed E-state index contributed by atoms with van der Waals surface area (Å²) in [6.07, 6.45) is 1.46. The second-order valence-corrected chi connectivity index (χ2v) is 8.52. The Bertz CT molecular complexity index is 1080. The lowest BCUT2D eigenvalue weighted by atomic mass is 10.1. The van der Waals surface area contributed by atoms with Gasteiger partial charge in [0, 0.05) is 36.7 Å². The third-order valence-corrected chi connectivity index (χ3v) is 6.16. The lowest BCUT2D eigenvalue weighted by Crippen LogP contribution is -2.31. The normalized spacial score (nSPS) is 11.4. The van der Waals surface area contributed by atoms with Crippen LogP contribution in [-0.2, 0) is 21.4 Å². The number of halogens is 2. The largest absolute Gasteiger partial charge is 0.352 e. The minimum Gasteiger partial charge on any atom is -0.352 e. The highest BCUT2D eigenvalue weighted by molar-refractivity contribution is 7.89. The van der Waals surface area contributed by atoms with Gasteiger partial charge in [-0.2, -0.15) is 11.3 Å². The van der Waals surface area contributed by atoms with Crippen LogP contribution in [0.3, 0.4) is 0 Å². The van der Waals surface area contributed by atoms with Gasteiger partial charge in [-0.1, -0.05) is 6.07 Å². The maximum absolute atomic E-state index is 13.6. The average Bonchev–Trinajstić information content (AvgIpc) is 3.21. The van der Waals surface area contributed by atoms with E-state index in [0.29, 0.717) is 0 Å². The zero-order chi connectivity index (χ0) is 20.9. The number of benzene rings is 1. The smallest absolute Gasteiger partial charge is 0.246 e. The number of carbonyl (C=O) groups is 1. The van der Waals surface area contributed by atoms with Gasteiger partial charge in [0.1, 0.15) is 11.6 Å². The Morgan fingerprint density at radius 3 is 2.59 bits per heavy atom. The van der Waals surface area contributed by atoms with Gasteiger partial charge in [0.05, 0.1) is 5.69 Å². The zero-order valence-corrected chi connectivity index (χ0v) is 16.7. The van der Waals surface area contributed by atoms with Crippen LogP contribution in [0.5, 0.6) is 0 Å². The molecule has 3 aromatic rings. The first-order valence-corrected chi connectivity index (χ1v) is 11.0. The van der Waals surface area contributed by atoms with Crippen molar-refractivity contribution >= 4 is 27.3 Å². The first-order chi connectivity index (χ1) is 13.9. The highest BCUT2D eigenvalue weighted by Crippen LogP contribution is 2.20. The number of thiophene rings is 1. The summed E-state index contributed by atoms with van der Waals surface area (Å²) in [4.78, 5) is 15.2. The van der Waals surface area contributed by atoms with Crippen molar-refractivity contribution in [1.29, 1.82) is 0 Å². The Balaban J connectivity index is 1.51. The van der Waals surface area contributed by atoms with Gasteiger partial charge in [0.15, 0.2) is 4.90 Å². The summed E-state index contributed by atoms with van der Waals surface area (Å²) in [7, 11) is -4.40. The standard InChI is InChI=1S/C19H17F2N3O3S2/c20-15-2-1-3-16(21)19(15)29(26,27)24-8-5-18(25)23-11-13-4-7-22-17(10-13)14-6-9-28-12-14/h1-4,6-7,9-10,12,24H,5,8,11H2,(H,23,25). The Morgan fingerprint density at radius 2 is 1.90 bits per heavy atom. The van der Waals surface area contributed by atoms with Gasteiger partial charge in [-0.15, -0.1) is 0 Å². The van der Waals surface area contributed by atoms with Gasteiger partial charge in [-0.25, -0.2) is 21.9 Å². The molecule has 0 spiro atoms. The van der Waals surface area contributed by atoms with E-state index in [-0.39, 0.29) is 19.5 Å². The molecule has 152 valence electrons. The van der Waals surface area contributed by atoms with Crippen LogP contribution in [0, 0.1) is 11.6 Å². The van der Waals surface area contributed by atoms with E-state index in [4.69, 9.17) is 0 Å². The van der Waals surface area contributed by atoms with Crippen LogP contribution in [0.15, 0.2) is 58.3 Å². The van der Waals surface area contributed by atoms with Crippen LogP contribution in [0.1, 0.15) is 12.0 Å². The third kappa shape index (κ3) is 5.43. The molecule has 0 atom stereocenters. The molecule has 0 radical (unpaired) electrons. The maximum Gasteiger partial charge on any atom is 0.246 e. The summed E-state index contributed by atoms with van der Waals surface area (Å²) in [6, 6.07) is 8.33. The molecular weight excluding hydrogens is 420 g/mol. The van der Waals surface area contributed by atoms with E-state index < -0.39 is 32.5 Å². The van der Waals surface area contributed by atoms with Crippen LogP contribution in [0.25, 0.3) is 11.3 Å². The quantitative estimate of drug-likeness (QED) is 0.567. The van der Waals surface area contributed by atoms with Crippen molar-refractivity contribution in [3.05, 3.63) is 70.6 Å². The zero-order valence-electron chi connectivity index (χ0n) is 15.1. The number of carbonyl (C=O) groups excluding carboxylic acids is 1. The van der Waals surface area contributed by atoms with Crippen molar-refractivity contribution in [1.82, 2.24) is 15.0 Å². The Kier molecular flexibility index (Phi) is 6.68. The van der Waals surface area contributed by atoms with E-state index in [0.717, 1.165) is 35.0 Å². The van der Waals surface area contributed by atoms with Crippen LogP contribution in [-0.4, -0.2) is 25.9 Å². The number of rotatable bonds is 8. The molecule has 2 heterocycles. The van der Waals surface area contributed by atoms with Crippen molar-refractivity contribution in [2.24, 2.45) is 0 Å². The first-order valence-electron chi connectivity index (χ1n) is 8.55. The van der Waals surface area contributed by atoms with Crippen molar-refractivity contribution in [3.63, 3.8) is 0 Å². The lowest BCUT2D eigenvalue weighted by Gasteiger charge is -2.09. The van der Waals surface area contributed by atoms with Crippen LogP contribution < -0.4 is 10.0 Å². The van der Waals surface area contributed by atoms with E-state index in [9.17, 15) is 22.0 Å². The molecule has 0 saturated carbocycles. The van der Waals surface area contributed by atoms with Gasteiger partial charge < -0.3 is 5.32 Å². The van der Waals surface area contributed by atoms with E-state index in [2.05, 4.69) is 10.3 Å². The number of nitrogens with one attached hydrogen (secondary N) is 2. The van der Waals surface area contributed by atoms with Crippen LogP contribution in [0.2, 0.25) is 0 Å². The molecule has 0 unspecified atom stereocenters. The third-order valence-electron chi connectivity index (χ3n) is 3.96. The van der Waals surface area contributed by atoms with Gasteiger partial charge in [0.2, 0.25) is 15.9 Å². The molecule has 0 aliphatic heterocycles. The summed E-state index contributed by atoms with van der Waals surface area (Å²) < 4.78 is 53.4. The molecule has 29 heavy (non-hydrogen) atoms. The summed E-state index contributed by atoms with van der Waals surface area (Å²) in [6.45, 7) is -0.0500. The lowest BCUT2D eigenvalue weighted by molar-refractivity contribution is -0.121. The molecule has 0 fully saturated rings. The SMILES string of the molecule is O=C(CCNS(=O)(=O)c1c(F)cccc1F)NCc1ccnc(-c2ccsc2)c1. The van der Waals surface area contributed by atoms with Gasteiger partial charge in [-0.3, -0.25) is 9.78 Å². The molecule has 0 aliphatic carbocycles. The second-order valence-electron chi connectivity index (χ2n) is 6.04. The molecule has 1 aromatic carbocycles. The van der Waals surface area contributed by atoms with E-state index in [1.807, 2.05) is 27.6 Å². The predicted molar refractivity (Wildman–Crippen MR) is 106 cm³/mol. The average molecular weight is 437 g/mol. The first kappa shape index (κ1) is 21.0. The molecule has 0 saturated heterocycles. The van der Waals surface area contributed by atoms with Crippen LogP contribution in [0.4, 0.5) is 8.78 Å². The number of sulfonamides is 1. The highest BCUT2D eigenvalue weighted by Gasteiger charge is 2.23. The van der Waals surface area contributed by atoms with Gasteiger partial charge in [0.25, 0.3) is 0 Å². The minimum absolute atomic E-state index is 0.183. The Morgan fingerprint density at radius 1 is 1.14 bits per heavy atom. The molecule has 0 bridgehead atoms. The van der Waals surface area contributed by atoms with Gasteiger partial charge >= 0.3 is 0 Å². The van der Waals surface area contributed by atoms with E-state index in [1.54, 1.807) is 23.6 Å². The summed E-state index contributed by atoms with van der Waals surface area (Å²) in [5, 5.41) is 6.58.